The number of aliphatic hydroxyl groups is 1. The van der Waals surface area contributed by atoms with Crippen molar-refractivity contribution in [2.45, 2.75) is 6.92 Å². The van der Waals surface area contributed by atoms with E-state index in [-0.39, 0.29) is 24.3 Å². The van der Waals surface area contributed by atoms with Crippen LogP contribution < -0.4 is 0 Å². The van der Waals surface area contributed by atoms with Crippen LogP contribution >= 0.6 is 0 Å². The first-order chi connectivity index (χ1) is 4.75. The molecule has 1 aliphatic carbocycles. The van der Waals surface area contributed by atoms with Gasteiger partial charge in [0.05, 0.1) is 5.78 Å². The Morgan fingerprint density at radius 1 is 1.64 bits per heavy atom. The average molecular weight is 186 g/mol. The fourth-order valence-corrected chi connectivity index (χ4v) is 0.755. The summed E-state index contributed by atoms with van der Waals surface area (Å²) in [7, 11) is 0. The molecule has 0 unspecified atom stereocenters. The minimum Gasteiger partial charge on any atom is -0.528 e. The van der Waals surface area contributed by atoms with Crippen molar-refractivity contribution in [3.63, 3.8) is 0 Å². The second kappa shape index (κ2) is 4.21. The standard InChI is InChI=1S/C8H7O2.V/c1-6-3-2-4-8(10)7(6)5-9;/h2,4-5,9H,1H3;/q-1;/b7-5-;. The van der Waals surface area contributed by atoms with Gasteiger partial charge in [-0.25, -0.2) is 0 Å². The molecule has 0 atom stereocenters. The minimum atomic E-state index is -0.168. The normalized spacial score (nSPS) is 19.5. The summed E-state index contributed by atoms with van der Waals surface area (Å²) < 4.78 is 0. The molecule has 0 aromatic carbocycles. The summed E-state index contributed by atoms with van der Waals surface area (Å²) >= 11 is 0. The number of carbonyl (C=O) groups is 1. The predicted octanol–water partition coefficient (Wildman–Crippen LogP) is 1.31. The van der Waals surface area contributed by atoms with Crippen molar-refractivity contribution in [1.29, 1.82) is 0 Å². The van der Waals surface area contributed by atoms with Crippen molar-refractivity contribution in [3.8, 4) is 0 Å². The van der Waals surface area contributed by atoms with E-state index < -0.39 is 0 Å². The van der Waals surface area contributed by atoms with Gasteiger partial charge in [-0.05, 0) is 0 Å². The Kier molecular flexibility index (Phi) is 3.94. The summed E-state index contributed by atoms with van der Waals surface area (Å²) in [6, 6.07) is 0. The maximum atomic E-state index is 10.9. The van der Waals surface area contributed by atoms with E-state index in [0.29, 0.717) is 11.1 Å². The second-order valence-electron chi connectivity index (χ2n) is 2.01. The monoisotopic (exact) mass is 186 g/mol. The molecule has 0 aromatic rings. The Balaban J connectivity index is 0.000001000. The number of hydrogen-bond acceptors (Lipinski definition) is 2. The van der Waals surface area contributed by atoms with Crippen LogP contribution in [-0.4, -0.2) is 10.9 Å². The van der Waals surface area contributed by atoms with Crippen molar-refractivity contribution in [3.05, 3.63) is 35.6 Å². The molecule has 1 radical (unpaired) electrons. The van der Waals surface area contributed by atoms with Gasteiger partial charge in [-0.1, -0.05) is 12.5 Å². The van der Waals surface area contributed by atoms with Crippen LogP contribution in [0.4, 0.5) is 0 Å². The minimum absolute atomic E-state index is 0. The maximum absolute atomic E-state index is 10.9. The summed E-state index contributed by atoms with van der Waals surface area (Å²) in [5.74, 6) is -0.168. The first-order valence-electron chi connectivity index (χ1n) is 2.91. The largest absolute Gasteiger partial charge is 0.528 e. The molecule has 2 nitrogen and oxygen atoms in total. The Bertz CT molecular complexity index is 249. The number of hydrogen-bond donors (Lipinski definition) is 1. The number of carbonyl (C=O) groups excluding carboxylic acids is 1. The van der Waals surface area contributed by atoms with Gasteiger partial charge >= 0.3 is 0 Å². The molecule has 0 aromatic heterocycles. The van der Waals surface area contributed by atoms with Crippen LogP contribution in [0, 0.1) is 6.08 Å². The fraction of sp³-hybridized carbons (Fsp3) is 0.125. The van der Waals surface area contributed by atoms with Crippen molar-refractivity contribution in [2.24, 2.45) is 0 Å². The zero-order valence-corrected chi connectivity index (χ0v) is 7.43. The molecule has 0 amide bonds. The zero-order valence-electron chi connectivity index (χ0n) is 6.03. The molecule has 1 rings (SSSR count). The van der Waals surface area contributed by atoms with Gasteiger partial charge in [0.15, 0.2) is 0 Å². The SMILES string of the molecule is CC1=[C-]C=CC(=O)/C1=C\O.[V]. The predicted molar refractivity (Wildman–Crippen MR) is 37.3 cm³/mol. The molecule has 11 heavy (non-hydrogen) atoms. The molecule has 0 heterocycles. The van der Waals surface area contributed by atoms with Crippen molar-refractivity contribution >= 4 is 5.78 Å². The Morgan fingerprint density at radius 3 is 2.64 bits per heavy atom. The molecular weight excluding hydrogens is 179 g/mol. The average Bonchev–Trinajstić information content (AvgIpc) is 1.88. The molecule has 0 spiro atoms. The smallest absolute Gasteiger partial charge is 0.0817 e. The first-order valence-corrected chi connectivity index (χ1v) is 2.91. The second-order valence-corrected chi connectivity index (χ2v) is 2.01. The molecule has 1 aliphatic rings. The van der Waals surface area contributed by atoms with Gasteiger partial charge < -0.3 is 9.90 Å². The van der Waals surface area contributed by atoms with Gasteiger partial charge in [0.1, 0.15) is 0 Å². The van der Waals surface area contributed by atoms with Crippen LogP contribution in [0.1, 0.15) is 6.92 Å². The molecule has 0 saturated heterocycles. The van der Waals surface area contributed by atoms with Gasteiger partial charge in [0.25, 0.3) is 0 Å². The molecule has 0 aliphatic heterocycles. The van der Waals surface area contributed by atoms with E-state index in [0.717, 1.165) is 6.26 Å². The maximum Gasteiger partial charge on any atom is 0.0817 e. The van der Waals surface area contributed by atoms with Gasteiger partial charge in [-0.3, -0.25) is 0 Å². The topological polar surface area (TPSA) is 37.3 Å². The van der Waals surface area contributed by atoms with E-state index in [1.54, 1.807) is 13.0 Å². The third-order valence-corrected chi connectivity index (χ3v) is 1.33. The molecular formula is C8H7O2V-. The van der Waals surface area contributed by atoms with Gasteiger partial charge in [-0.2, -0.15) is 17.7 Å². The van der Waals surface area contributed by atoms with E-state index in [1.807, 2.05) is 0 Å². The van der Waals surface area contributed by atoms with E-state index in [1.165, 1.54) is 6.08 Å². The first kappa shape index (κ1) is 10.3. The van der Waals surface area contributed by atoms with E-state index in [9.17, 15) is 4.79 Å². The Hall–Kier alpha value is -0.726. The summed E-state index contributed by atoms with van der Waals surface area (Å²) in [6.45, 7) is 1.73. The zero-order chi connectivity index (χ0) is 7.56. The molecule has 3 heteroatoms. The summed E-state index contributed by atoms with van der Waals surface area (Å²) in [4.78, 5) is 10.9. The quantitative estimate of drug-likeness (QED) is 0.352. The Morgan fingerprint density at radius 2 is 2.27 bits per heavy atom. The van der Waals surface area contributed by atoms with Crippen LogP contribution in [-0.2, 0) is 23.4 Å². The third kappa shape index (κ3) is 2.10. The Labute approximate surface area is 77.2 Å². The number of rotatable bonds is 0. The number of aliphatic hydroxyl groups excluding tert-OH is 1. The summed E-state index contributed by atoms with van der Waals surface area (Å²) in [5.41, 5.74) is 0.998. The van der Waals surface area contributed by atoms with Gasteiger partial charge in [0.2, 0.25) is 0 Å². The van der Waals surface area contributed by atoms with Crippen LogP contribution in [0.3, 0.4) is 0 Å². The molecule has 0 bridgehead atoms. The van der Waals surface area contributed by atoms with Crippen LogP contribution in [0.15, 0.2) is 29.6 Å². The van der Waals surface area contributed by atoms with Crippen molar-refractivity contribution < 1.29 is 28.5 Å². The van der Waals surface area contributed by atoms with E-state index >= 15 is 0 Å². The number of ketones is 1. The van der Waals surface area contributed by atoms with Crippen LogP contribution in [0.25, 0.3) is 0 Å². The van der Waals surface area contributed by atoms with Crippen molar-refractivity contribution in [2.75, 3.05) is 0 Å². The van der Waals surface area contributed by atoms with E-state index in [4.69, 9.17) is 5.11 Å². The van der Waals surface area contributed by atoms with Crippen LogP contribution in [0.5, 0.6) is 0 Å². The van der Waals surface area contributed by atoms with Crippen molar-refractivity contribution in [1.82, 2.24) is 0 Å². The van der Waals surface area contributed by atoms with Gasteiger partial charge in [-0.15, -0.1) is 6.08 Å². The third-order valence-electron chi connectivity index (χ3n) is 1.33. The number of allylic oxidation sites excluding steroid dienone is 5. The molecule has 0 saturated carbocycles. The summed E-state index contributed by atoms with van der Waals surface area (Å²) in [6.07, 6.45) is 6.53. The van der Waals surface area contributed by atoms with E-state index in [2.05, 4.69) is 6.08 Å². The molecule has 0 fully saturated rings. The summed E-state index contributed by atoms with van der Waals surface area (Å²) in [5, 5.41) is 8.55. The molecule has 1 N–H and O–H groups in total. The fourth-order valence-electron chi connectivity index (χ4n) is 0.755. The van der Waals surface area contributed by atoms with Crippen LogP contribution in [0.2, 0.25) is 0 Å². The van der Waals surface area contributed by atoms with Gasteiger partial charge in [0, 0.05) is 24.8 Å². The molecule has 57 valence electrons.